The highest BCUT2D eigenvalue weighted by Gasteiger charge is 2.31. The predicted octanol–water partition coefficient (Wildman–Crippen LogP) is 3.49. The van der Waals surface area contributed by atoms with E-state index < -0.39 is 6.36 Å². The van der Waals surface area contributed by atoms with Gasteiger partial charge >= 0.3 is 6.36 Å². The van der Waals surface area contributed by atoms with E-state index >= 15 is 0 Å². The normalized spacial score (nSPS) is 11.5. The van der Waals surface area contributed by atoms with Gasteiger partial charge in [0.1, 0.15) is 5.75 Å². The lowest BCUT2D eigenvalue weighted by Gasteiger charge is -2.11. The maximum atomic E-state index is 12.2. The fourth-order valence-corrected chi connectivity index (χ4v) is 1.91. The molecule has 2 aromatic rings. The van der Waals surface area contributed by atoms with Crippen molar-refractivity contribution in [3.05, 3.63) is 41.7 Å². The smallest absolute Gasteiger partial charge is 0.406 e. The Morgan fingerprint density at radius 1 is 1.29 bits per heavy atom. The maximum Gasteiger partial charge on any atom is 0.573 e. The number of rotatable bonds is 5. The Morgan fingerprint density at radius 2 is 2.05 bits per heavy atom. The summed E-state index contributed by atoms with van der Waals surface area (Å²) in [5, 5.41) is 7.37. The van der Waals surface area contributed by atoms with Gasteiger partial charge in [-0.05, 0) is 24.6 Å². The lowest BCUT2D eigenvalue weighted by Crippen LogP contribution is -2.17. The van der Waals surface area contributed by atoms with Crippen LogP contribution in [0.25, 0.3) is 0 Å². The first-order valence-corrected chi connectivity index (χ1v) is 6.49. The van der Waals surface area contributed by atoms with Crippen molar-refractivity contribution in [2.24, 2.45) is 7.05 Å². The molecule has 0 spiro atoms. The van der Waals surface area contributed by atoms with Crippen LogP contribution >= 0.6 is 0 Å². The fraction of sp³-hybridized carbons (Fsp3) is 0.357. The van der Waals surface area contributed by atoms with Gasteiger partial charge in [-0.3, -0.25) is 4.68 Å². The van der Waals surface area contributed by atoms with E-state index in [0.29, 0.717) is 12.2 Å². The van der Waals surface area contributed by atoms with Crippen molar-refractivity contribution in [3.8, 4) is 5.75 Å². The van der Waals surface area contributed by atoms with E-state index in [9.17, 15) is 13.2 Å². The maximum absolute atomic E-state index is 12.2. The van der Waals surface area contributed by atoms with Gasteiger partial charge in [-0.1, -0.05) is 13.0 Å². The van der Waals surface area contributed by atoms with E-state index in [1.54, 1.807) is 10.7 Å². The van der Waals surface area contributed by atoms with Crippen LogP contribution in [-0.4, -0.2) is 16.1 Å². The predicted molar refractivity (Wildman–Crippen MR) is 73.0 cm³/mol. The molecule has 114 valence electrons. The number of halogens is 3. The number of alkyl halides is 3. The van der Waals surface area contributed by atoms with Gasteiger partial charge < -0.3 is 10.1 Å². The third-order valence-corrected chi connectivity index (χ3v) is 2.93. The second kappa shape index (κ2) is 6.07. The number of ether oxygens (including phenoxy) is 1. The molecule has 0 saturated carbocycles. The molecule has 7 heteroatoms. The molecule has 0 unspecified atom stereocenters. The van der Waals surface area contributed by atoms with Gasteiger partial charge in [0.05, 0.1) is 17.9 Å². The molecule has 21 heavy (non-hydrogen) atoms. The second-order valence-corrected chi connectivity index (χ2v) is 4.53. The van der Waals surface area contributed by atoms with Gasteiger partial charge in [-0.2, -0.15) is 5.10 Å². The van der Waals surface area contributed by atoms with Crippen molar-refractivity contribution < 1.29 is 17.9 Å². The van der Waals surface area contributed by atoms with Crippen molar-refractivity contribution in [1.82, 2.24) is 9.78 Å². The molecule has 0 fully saturated rings. The van der Waals surface area contributed by atoms with Crippen LogP contribution in [-0.2, 0) is 20.0 Å². The van der Waals surface area contributed by atoms with Crippen LogP contribution in [0.4, 0.5) is 18.9 Å². The minimum absolute atomic E-state index is 0.244. The molecular formula is C14H16F3N3O. The Bertz CT molecular complexity index is 608. The summed E-state index contributed by atoms with van der Waals surface area (Å²) in [7, 11) is 1.83. The molecule has 0 aliphatic heterocycles. The first kappa shape index (κ1) is 15.2. The fourth-order valence-electron chi connectivity index (χ4n) is 1.91. The van der Waals surface area contributed by atoms with Crippen molar-refractivity contribution in [3.63, 3.8) is 0 Å². The van der Waals surface area contributed by atoms with E-state index in [2.05, 4.69) is 15.2 Å². The molecule has 0 radical (unpaired) electrons. The van der Waals surface area contributed by atoms with Crippen LogP contribution in [0.1, 0.15) is 18.3 Å². The number of hydrogen-bond acceptors (Lipinski definition) is 3. The topological polar surface area (TPSA) is 39.1 Å². The minimum atomic E-state index is -4.68. The highest BCUT2D eigenvalue weighted by molar-refractivity contribution is 5.48. The summed E-state index contributed by atoms with van der Waals surface area (Å²) in [6.45, 7) is 2.48. The highest BCUT2D eigenvalue weighted by Crippen LogP contribution is 2.25. The Balaban J connectivity index is 2.03. The minimum Gasteiger partial charge on any atom is -0.406 e. The Kier molecular flexibility index (Phi) is 4.40. The molecule has 0 aliphatic carbocycles. The number of nitrogens with zero attached hydrogens (tertiary/aromatic N) is 2. The largest absolute Gasteiger partial charge is 0.573 e. The van der Waals surface area contributed by atoms with E-state index in [1.165, 1.54) is 18.2 Å². The Hall–Kier alpha value is -2.18. The Labute approximate surface area is 120 Å². The van der Waals surface area contributed by atoms with Gasteiger partial charge in [-0.25, -0.2) is 0 Å². The summed E-state index contributed by atoms with van der Waals surface area (Å²) in [6, 6.07) is 7.72. The number of hydrogen-bond donors (Lipinski definition) is 1. The second-order valence-electron chi connectivity index (χ2n) is 4.53. The number of anilines is 1. The summed E-state index contributed by atoms with van der Waals surface area (Å²) in [4.78, 5) is 0. The molecule has 1 aromatic heterocycles. The average molecular weight is 299 g/mol. The van der Waals surface area contributed by atoms with Gasteiger partial charge in [0.25, 0.3) is 0 Å². The van der Waals surface area contributed by atoms with Gasteiger partial charge in [0, 0.05) is 18.8 Å². The van der Waals surface area contributed by atoms with Gasteiger partial charge in [0.15, 0.2) is 0 Å². The van der Waals surface area contributed by atoms with Crippen molar-refractivity contribution in [2.45, 2.75) is 26.3 Å². The summed E-state index contributed by atoms with van der Waals surface area (Å²) >= 11 is 0. The number of aromatic nitrogens is 2. The number of nitrogens with one attached hydrogen (secondary N) is 1. The molecule has 2 rings (SSSR count). The van der Waals surface area contributed by atoms with Crippen LogP contribution in [0.5, 0.6) is 5.75 Å². The lowest BCUT2D eigenvalue weighted by atomic mass is 10.2. The standard InChI is InChI=1S/C14H16F3N3O/c1-3-10-7-12(20(2)19-10)9-18-11-5-4-6-13(8-11)21-14(15,16)17/h4-8,18H,3,9H2,1-2H3. The van der Waals surface area contributed by atoms with E-state index in [0.717, 1.165) is 17.8 Å². The monoisotopic (exact) mass is 299 g/mol. The van der Waals surface area contributed by atoms with E-state index in [-0.39, 0.29) is 5.75 Å². The van der Waals surface area contributed by atoms with Crippen LogP contribution in [0.3, 0.4) is 0 Å². The summed E-state index contributed by atoms with van der Waals surface area (Å²) in [5.74, 6) is -0.244. The molecule has 0 amide bonds. The summed E-state index contributed by atoms with van der Waals surface area (Å²) in [6.07, 6.45) is -3.85. The van der Waals surface area contributed by atoms with Crippen molar-refractivity contribution >= 4 is 5.69 Å². The van der Waals surface area contributed by atoms with Gasteiger partial charge in [-0.15, -0.1) is 13.2 Å². The van der Waals surface area contributed by atoms with Crippen LogP contribution in [0, 0.1) is 0 Å². The quantitative estimate of drug-likeness (QED) is 0.918. The van der Waals surface area contributed by atoms with E-state index in [4.69, 9.17) is 0 Å². The lowest BCUT2D eigenvalue weighted by molar-refractivity contribution is -0.274. The molecule has 1 heterocycles. The number of benzene rings is 1. The molecule has 0 saturated heterocycles. The van der Waals surface area contributed by atoms with Gasteiger partial charge in [0.2, 0.25) is 0 Å². The zero-order chi connectivity index (χ0) is 15.5. The molecule has 4 nitrogen and oxygen atoms in total. The third-order valence-electron chi connectivity index (χ3n) is 2.93. The van der Waals surface area contributed by atoms with Crippen LogP contribution < -0.4 is 10.1 Å². The summed E-state index contributed by atoms with van der Waals surface area (Å²) < 4.78 is 42.1. The highest BCUT2D eigenvalue weighted by atomic mass is 19.4. The molecule has 0 atom stereocenters. The summed E-state index contributed by atoms with van der Waals surface area (Å²) in [5.41, 5.74) is 2.48. The molecular weight excluding hydrogens is 283 g/mol. The first-order valence-electron chi connectivity index (χ1n) is 6.49. The molecule has 0 aliphatic rings. The zero-order valence-electron chi connectivity index (χ0n) is 11.7. The number of aryl methyl sites for hydroxylation is 2. The van der Waals surface area contributed by atoms with Crippen LogP contribution in [0.2, 0.25) is 0 Å². The molecule has 1 aromatic carbocycles. The zero-order valence-corrected chi connectivity index (χ0v) is 11.7. The van der Waals surface area contributed by atoms with Crippen molar-refractivity contribution in [2.75, 3.05) is 5.32 Å². The third kappa shape index (κ3) is 4.40. The SMILES string of the molecule is CCc1cc(CNc2cccc(OC(F)(F)F)c2)n(C)n1. The average Bonchev–Trinajstić information content (AvgIpc) is 2.75. The molecule has 1 N–H and O–H groups in total. The van der Waals surface area contributed by atoms with Crippen LogP contribution in [0.15, 0.2) is 30.3 Å². The van der Waals surface area contributed by atoms with Crippen molar-refractivity contribution in [1.29, 1.82) is 0 Å². The Morgan fingerprint density at radius 3 is 2.67 bits per heavy atom. The molecule has 0 bridgehead atoms. The van der Waals surface area contributed by atoms with E-state index in [1.807, 2.05) is 20.0 Å². The first-order chi connectivity index (χ1) is 9.87.